The number of rotatable bonds is 4. The van der Waals surface area contributed by atoms with Gasteiger partial charge in [-0.3, -0.25) is 0 Å². The Balaban J connectivity index is 1.88. The molecule has 0 aliphatic heterocycles. The van der Waals surface area contributed by atoms with Crippen LogP contribution in [0, 0.1) is 0 Å². The van der Waals surface area contributed by atoms with Crippen molar-refractivity contribution in [1.29, 1.82) is 0 Å². The summed E-state index contributed by atoms with van der Waals surface area (Å²) in [7, 11) is 0. The van der Waals surface area contributed by atoms with Crippen molar-refractivity contribution in [1.82, 2.24) is 4.57 Å². The first-order chi connectivity index (χ1) is 14.8. The molecule has 2 heteroatoms. The number of hydrogen-bond acceptors (Lipinski definition) is 0. The zero-order chi connectivity index (χ0) is 20.3. The monoisotopic (exact) mass is 405 g/mol. The van der Waals surface area contributed by atoms with Gasteiger partial charge in [0, 0.05) is 16.3 Å². The van der Waals surface area contributed by atoms with Gasteiger partial charge in [0.05, 0.1) is 11.4 Å². The van der Waals surface area contributed by atoms with Crippen LogP contribution in [0.3, 0.4) is 0 Å². The highest BCUT2D eigenvalue weighted by atomic mass is 35.5. The lowest BCUT2D eigenvalue weighted by molar-refractivity contribution is 1.10. The Hall–Kier alpha value is -3.55. The minimum atomic E-state index is 0.737. The summed E-state index contributed by atoms with van der Waals surface area (Å²) in [5.74, 6) is 0. The summed E-state index contributed by atoms with van der Waals surface area (Å²) in [4.78, 5) is 0. The molecule has 0 aliphatic carbocycles. The van der Waals surface area contributed by atoms with Crippen molar-refractivity contribution in [3.8, 4) is 39.3 Å². The third-order valence-electron chi connectivity index (χ3n) is 5.29. The molecule has 0 aliphatic rings. The topological polar surface area (TPSA) is 4.93 Å². The van der Waals surface area contributed by atoms with E-state index in [0.29, 0.717) is 0 Å². The first-order valence-electron chi connectivity index (χ1n) is 9.99. The Morgan fingerprint density at radius 1 is 0.500 bits per heavy atom. The van der Waals surface area contributed by atoms with Crippen LogP contribution in [0.15, 0.2) is 121 Å². The Kier molecular flexibility index (Phi) is 4.96. The maximum atomic E-state index is 6.21. The van der Waals surface area contributed by atoms with Gasteiger partial charge in [-0.25, -0.2) is 0 Å². The molecule has 0 amide bonds. The van der Waals surface area contributed by atoms with Crippen LogP contribution in [0.2, 0.25) is 5.02 Å². The standard InChI is InChI=1S/C28H20ClN/c29-24-18-16-23(17-19-24)28-26(21-10-4-1-5-11-21)20-27(22-12-6-2-7-13-22)30(28)25-14-8-3-9-15-25/h1-20H. The SMILES string of the molecule is Clc1ccc(-c2c(-c3ccccc3)cc(-c3ccccc3)n2-c2ccccc2)cc1. The molecule has 0 N–H and O–H groups in total. The van der Waals surface area contributed by atoms with Crippen molar-refractivity contribution in [2.45, 2.75) is 0 Å². The highest BCUT2D eigenvalue weighted by molar-refractivity contribution is 6.30. The fourth-order valence-corrected chi connectivity index (χ4v) is 4.03. The molecule has 1 heterocycles. The number of aromatic nitrogens is 1. The van der Waals surface area contributed by atoms with Crippen molar-refractivity contribution in [3.05, 3.63) is 126 Å². The van der Waals surface area contributed by atoms with Gasteiger partial charge in [0.25, 0.3) is 0 Å². The third kappa shape index (κ3) is 3.45. The normalized spacial score (nSPS) is 10.8. The number of para-hydroxylation sites is 1. The molecule has 30 heavy (non-hydrogen) atoms. The van der Waals surface area contributed by atoms with Crippen molar-refractivity contribution in [3.63, 3.8) is 0 Å². The van der Waals surface area contributed by atoms with Crippen molar-refractivity contribution in [2.24, 2.45) is 0 Å². The Morgan fingerprint density at radius 2 is 1.03 bits per heavy atom. The van der Waals surface area contributed by atoms with Crippen molar-refractivity contribution >= 4 is 11.6 Å². The molecule has 0 spiro atoms. The Labute approximate surface area is 181 Å². The summed E-state index contributed by atoms with van der Waals surface area (Å²) in [6.45, 7) is 0. The minimum absolute atomic E-state index is 0.737. The summed E-state index contributed by atoms with van der Waals surface area (Å²) in [5.41, 5.74) is 8.13. The van der Waals surface area contributed by atoms with Gasteiger partial charge >= 0.3 is 0 Å². The van der Waals surface area contributed by atoms with Gasteiger partial charge in [-0.05, 0) is 47.0 Å². The van der Waals surface area contributed by atoms with E-state index in [0.717, 1.165) is 27.7 Å². The molecular formula is C28H20ClN. The van der Waals surface area contributed by atoms with Crippen LogP contribution in [-0.2, 0) is 0 Å². The third-order valence-corrected chi connectivity index (χ3v) is 5.54. The summed E-state index contributed by atoms with van der Waals surface area (Å²) in [6.07, 6.45) is 0. The van der Waals surface area contributed by atoms with E-state index >= 15 is 0 Å². The lowest BCUT2D eigenvalue weighted by Gasteiger charge is -2.15. The molecule has 144 valence electrons. The molecule has 0 unspecified atom stereocenters. The second-order valence-electron chi connectivity index (χ2n) is 7.20. The molecule has 5 aromatic rings. The van der Waals surface area contributed by atoms with E-state index in [4.69, 9.17) is 11.6 Å². The lowest BCUT2D eigenvalue weighted by Crippen LogP contribution is -1.99. The maximum absolute atomic E-state index is 6.21. The highest BCUT2D eigenvalue weighted by Crippen LogP contribution is 2.41. The second-order valence-corrected chi connectivity index (χ2v) is 7.64. The van der Waals surface area contributed by atoms with E-state index in [2.05, 4.69) is 114 Å². The van der Waals surface area contributed by atoms with Crippen LogP contribution in [0.25, 0.3) is 39.3 Å². The molecule has 4 aromatic carbocycles. The van der Waals surface area contributed by atoms with Gasteiger partial charge in [-0.1, -0.05) is 103 Å². The van der Waals surface area contributed by atoms with E-state index in [-0.39, 0.29) is 0 Å². The van der Waals surface area contributed by atoms with Gasteiger partial charge in [0.1, 0.15) is 0 Å². The lowest BCUT2D eigenvalue weighted by atomic mass is 10.0. The quantitative estimate of drug-likeness (QED) is 0.284. The first kappa shape index (κ1) is 18.5. The van der Waals surface area contributed by atoms with Crippen LogP contribution >= 0.6 is 11.6 Å². The van der Waals surface area contributed by atoms with E-state index in [1.54, 1.807) is 0 Å². The zero-order valence-corrected chi connectivity index (χ0v) is 17.1. The van der Waals surface area contributed by atoms with Crippen LogP contribution in [0.1, 0.15) is 0 Å². The number of benzene rings is 4. The Morgan fingerprint density at radius 3 is 1.63 bits per heavy atom. The number of nitrogens with zero attached hydrogens (tertiary/aromatic N) is 1. The summed E-state index contributed by atoms with van der Waals surface area (Å²) in [6, 6.07) is 42.0. The van der Waals surface area contributed by atoms with E-state index in [9.17, 15) is 0 Å². The van der Waals surface area contributed by atoms with Gasteiger partial charge in [0.2, 0.25) is 0 Å². The molecule has 5 rings (SSSR count). The second kappa shape index (κ2) is 8.06. The molecule has 0 atom stereocenters. The predicted molar refractivity (Wildman–Crippen MR) is 127 cm³/mol. The molecule has 0 saturated carbocycles. The van der Waals surface area contributed by atoms with Gasteiger partial charge in [-0.15, -0.1) is 0 Å². The van der Waals surface area contributed by atoms with E-state index < -0.39 is 0 Å². The molecule has 0 fully saturated rings. The van der Waals surface area contributed by atoms with Gasteiger partial charge in [-0.2, -0.15) is 0 Å². The average molecular weight is 406 g/mol. The smallest absolute Gasteiger partial charge is 0.0613 e. The molecular weight excluding hydrogens is 386 g/mol. The molecule has 0 saturated heterocycles. The van der Waals surface area contributed by atoms with Gasteiger partial charge < -0.3 is 4.57 Å². The molecule has 0 bridgehead atoms. The molecule has 1 aromatic heterocycles. The Bertz CT molecular complexity index is 1260. The van der Waals surface area contributed by atoms with Crippen LogP contribution in [0.5, 0.6) is 0 Å². The van der Waals surface area contributed by atoms with Crippen LogP contribution in [0.4, 0.5) is 0 Å². The zero-order valence-electron chi connectivity index (χ0n) is 16.4. The summed E-state index contributed by atoms with van der Waals surface area (Å²) in [5, 5.41) is 0.737. The average Bonchev–Trinajstić information content (AvgIpc) is 3.22. The summed E-state index contributed by atoms with van der Waals surface area (Å²) >= 11 is 6.21. The van der Waals surface area contributed by atoms with E-state index in [1.807, 2.05) is 12.1 Å². The highest BCUT2D eigenvalue weighted by Gasteiger charge is 2.20. The van der Waals surface area contributed by atoms with Crippen LogP contribution < -0.4 is 0 Å². The number of hydrogen-bond donors (Lipinski definition) is 0. The number of halogens is 1. The largest absolute Gasteiger partial charge is 0.309 e. The fourth-order valence-electron chi connectivity index (χ4n) is 3.91. The molecule has 1 nitrogen and oxygen atoms in total. The van der Waals surface area contributed by atoms with Crippen molar-refractivity contribution < 1.29 is 0 Å². The fraction of sp³-hybridized carbons (Fsp3) is 0. The van der Waals surface area contributed by atoms with Gasteiger partial charge in [0.15, 0.2) is 0 Å². The van der Waals surface area contributed by atoms with Crippen molar-refractivity contribution in [2.75, 3.05) is 0 Å². The van der Waals surface area contributed by atoms with E-state index in [1.165, 1.54) is 16.7 Å². The maximum Gasteiger partial charge on any atom is 0.0613 e. The minimum Gasteiger partial charge on any atom is -0.309 e. The summed E-state index contributed by atoms with van der Waals surface area (Å²) < 4.78 is 2.35. The first-order valence-corrected chi connectivity index (χ1v) is 10.4. The van der Waals surface area contributed by atoms with Crippen LogP contribution in [-0.4, -0.2) is 4.57 Å². The molecule has 0 radical (unpaired) electrons. The predicted octanol–water partition coefficient (Wildman–Crippen LogP) is 8.13.